The molecule has 0 aliphatic rings. The van der Waals surface area contributed by atoms with E-state index in [0.29, 0.717) is 18.2 Å². The number of aryl methyl sites for hydroxylation is 2. The van der Waals surface area contributed by atoms with Gasteiger partial charge in [0.15, 0.2) is 27.1 Å². The lowest BCUT2D eigenvalue weighted by molar-refractivity contribution is 0.605. The first kappa shape index (κ1) is 23.1. The smallest absolute Gasteiger partial charge is 0.202 e. The van der Waals surface area contributed by atoms with Gasteiger partial charge in [0, 0.05) is 26.0 Å². The van der Waals surface area contributed by atoms with Gasteiger partial charge in [-0.05, 0) is 38.0 Å². The Bertz CT molecular complexity index is 952. The summed E-state index contributed by atoms with van der Waals surface area (Å²) in [6, 6.07) is 3.87. The number of likely N-dealkylation sites (N-methyl/N-ethyl adjacent to an activating group) is 1. The van der Waals surface area contributed by atoms with Gasteiger partial charge in [-0.25, -0.2) is 24.3 Å². The number of pyridine rings is 1. The quantitative estimate of drug-likeness (QED) is 0.516. The van der Waals surface area contributed by atoms with Gasteiger partial charge in [-0.15, -0.1) is 0 Å². The summed E-state index contributed by atoms with van der Waals surface area (Å²) in [6.45, 7) is 3.90. The number of rotatable bonds is 4. The largest absolute Gasteiger partial charge is 0.357 e. The van der Waals surface area contributed by atoms with Gasteiger partial charge in [-0.3, -0.25) is 4.98 Å². The highest BCUT2D eigenvalue weighted by molar-refractivity contribution is 6.33. The van der Waals surface area contributed by atoms with Crippen molar-refractivity contribution < 1.29 is 8.78 Å². The van der Waals surface area contributed by atoms with Gasteiger partial charge in [0.2, 0.25) is 5.82 Å². The third kappa shape index (κ3) is 6.69. The second-order valence-corrected chi connectivity index (χ2v) is 6.97. The zero-order valence-corrected chi connectivity index (χ0v) is 18.1. The second-order valence-electron chi connectivity index (χ2n) is 5.89. The zero-order chi connectivity index (χ0) is 21.6. The summed E-state index contributed by atoms with van der Waals surface area (Å²) < 4.78 is 26.4. The van der Waals surface area contributed by atoms with E-state index in [1.807, 2.05) is 12.1 Å². The predicted octanol–water partition coefficient (Wildman–Crippen LogP) is 4.88. The summed E-state index contributed by atoms with van der Waals surface area (Å²) in [4.78, 5) is 20.6. The maximum Gasteiger partial charge on any atom is 0.202 e. The molecule has 0 spiro atoms. The molecule has 3 rings (SSSR count). The molecule has 0 radical (unpaired) electrons. The van der Waals surface area contributed by atoms with Crippen molar-refractivity contribution in [2.24, 2.45) is 0 Å². The van der Waals surface area contributed by atoms with Crippen LogP contribution >= 0.6 is 34.8 Å². The van der Waals surface area contributed by atoms with Gasteiger partial charge < -0.3 is 4.90 Å². The van der Waals surface area contributed by atoms with E-state index in [2.05, 4.69) is 24.9 Å². The average molecular weight is 462 g/mol. The minimum atomic E-state index is -0.770. The van der Waals surface area contributed by atoms with E-state index in [1.54, 1.807) is 38.2 Å². The molecule has 0 atom stereocenters. The molecule has 0 aliphatic carbocycles. The van der Waals surface area contributed by atoms with Crippen LogP contribution < -0.4 is 4.90 Å². The molecule has 6 nitrogen and oxygen atoms in total. The van der Waals surface area contributed by atoms with Crippen molar-refractivity contribution in [3.8, 4) is 0 Å². The number of aromatic nitrogens is 5. The van der Waals surface area contributed by atoms with Gasteiger partial charge in [0.25, 0.3) is 0 Å². The van der Waals surface area contributed by atoms with Crippen LogP contribution in [-0.4, -0.2) is 38.5 Å². The van der Waals surface area contributed by atoms with Crippen LogP contribution in [0.3, 0.4) is 0 Å². The third-order valence-corrected chi connectivity index (χ3v) is 4.39. The molecule has 0 unspecified atom stereocenters. The first-order valence-electron chi connectivity index (χ1n) is 8.33. The molecule has 0 N–H and O–H groups in total. The monoisotopic (exact) mass is 460 g/mol. The van der Waals surface area contributed by atoms with Gasteiger partial charge >= 0.3 is 0 Å². The second kappa shape index (κ2) is 10.6. The van der Waals surface area contributed by atoms with Crippen LogP contribution in [0, 0.1) is 25.5 Å². The summed E-state index contributed by atoms with van der Waals surface area (Å²) in [5.41, 5.74) is 1.14. The van der Waals surface area contributed by atoms with Gasteiger partial charge in [0.1, 0.15) is 11.6 Å². The highest BCUT2D eigenvalue weighted by Crippen LogP contribution is 2.21. The van der Waals surface area contributed by atoms with Crippen LogP contribution in [0.5, 0.6) is 0 Å². The number of hydrogen-bond acceptors (Lipinski definition) is 6. The Morgan fingerprint density at radius 3 is 1.86 bits per heavy atom. The molecule has 3 aromatic rings. The van der Waals surface area contributed by atoms with E-state index in [-0.39, 0.29) is 21.3 Å². The summed E-state index contributed by atoms with van der Waals surface area (Å²) >= 11 is 16.3. The van der Waals surface area contributed by atoms with Crippen LogP contribution in [-0.2, 0) is 6.42 Å². The van der Waals surface area contributed by atoms with Crippen LogP contribution in [0.15, 0.2) is 24.5 Å². The number of anilines is 1. The van der Waals surface area contributed by atoms with Crippen molar-refractivity contribution in [1.29, 1.82) is 0 Å². The standard InChI is InChI=1S/C13H14ClFN4.C5H3Cl2FN2/c1-9-17-12(14)11(15)13(18-9)19(2)8-5-10-3-6-16-7-4-10;1-2-9-4(6)3(8)5(7)10-2/h3-4,6-7H,5,8H2,1-2H3;1H3. The Balaban J connectivity index is 0.000000253. The van der Waals surface area contributed by atoms with Crippen molar-refractivity contribution in [3.05, 3.63) is 68.8 Å². The molecule has 0 saturated carbocycles. The topological polar surface area (TPSA) is 67.7 Å². The van der Waals surface area contributed by atoms with Crippen molar-refractivity contribution in [2.45, 2.75) is 20.3 Å². The molecule has 0 fully saturated rings. The highest BCUT2D eigenvalue weighted by Gasteiger charge is 2.15. The normalized spacial score (nSPS) is 10.3. The Morgan fingerprint density at radius 1 is 0.828 bits per heavy atom. The molecule has 0 amide bonds. The third-order valence-electron chi connectivity index (χ3n) is 3.63. The molecule has 11 heteroatoms. The van der Waals surface area contributed by atoms with Crippen molar-refractivity contribution in [3.63, 3.8) is 0 Å². The summed E-state index contributed by atoms with van der Waals surface area (Å²) in [6.07, 6.45) is 4.25. The highest BCUT2D eigenvalue weighted by atomic mass is 35.5. The molecule has 29 heavy (non-hydrogen) atoms. The van der Waals surface area contributed by atoms with E-state index in [0.717, 1.165) is 12.0 Å². The predicted molar refractivity (Wildman–Crippen MR) is 110 cm³/mol. The first-order chi connectivity index (χ1) is 13.7. The fourth-order valence-corrected chi connectivity index (χ4v) is 2.89. The zero-order valence-electron chi connectivity index (χ0n) is 15.8. The molecule has 3 heterocycles. The van der Waals surface area contributed by atoms with Gasteiger partial charge in [-0.1, -0.05) is 34.8 Å². The lowest BCUT2D eigenvalue weighted by Gasteiger charge is -2.19. The number of nitrogens with zero attached hydrogens (tertiary/aromatic N) is 6. The maximum atomic E-state index is 13.8. The lowest BCUT2D eigenvalue weighted by Crippen LogP contribution is -2.23. The Morgan fingerprint density at radius 2 is 1.31 bits per heavy atom. The molecule has 3 aromatic heterocycles. The number of hydrogen-bond donors (Lipinski definition) is 0. The minimum Gasteiger partial charge on any atom is -0.357 e. The Kier molecular flexibility index (Phi) is 8.43. The van der Waals surface area contributed by atoms with Crippen molar-refractivity contribution >= 4 is 40.6 Å². The summed E-state index contributed by atoms with van der Waals surface area (Å²) in [5.74, 6) is -0.307. The fraction of sp³-hybridized carbons (Fsp3) is 0.278. The molecule has 0 bridgehead atoms. The number of halogens is 5. The first-order valence-corrected chi connectivity index (χ1v) is 9.47. The van der Waals surface area contributed by atoms with Gasteiger partial charge in [0.05, 0.1) is 0 Å². The van der Waals surface area contributed by atoms with Crippen LogP contribution in [0.1, 0.15) is 17.2 Å². The Labute approximate surface area is 181 Å². The molecule has 0 aromatic carbocycles. The molecular weight excluding hydrogens is 445 g/mol. The van der Waals surface area contributed by atoms with Crippen molar-refractivity contribution in [1.82, 2.24) is 24.9 Å². The average Bonchev–Trinajstić information content (AvgIpc) is 2.68. The van der Waals surface area contributed by atoms with Gasteiger partial charge in [-0.2, -0.15) is 4.39 Å². The fourth-order valence-electron chi connectivity index (χ4n) is 2.21. The summed E-state index contributed by atoms with van der Waals surface area (Å²) in [7, 11) is 1.78. The lowest BCUT2D eigenvalue weighted by atomic mass is 10.2. The maximum absolute atomic E-state index is 13.8. The van der Waals surface area contributed by atoms with Crippen LogP contribution in [0.25, 0.3) is 0 Å². The van der Waals surface area contributed by atoms with Crippen LogP contribution in [0.2, 0.25) is 15.5 Å². The Hall–Kier alpha value is -2.16. The van der Waals surface area contributed by atoms with E-state index >= 15 is 0 Å². The molecule has 154 valence electrons. The molecule has 0 aliphatic heterocycles. The minimum absolute atomic E-state index is 0.140. The van der Waals surface area contributed by atoms with E-state index < -0.39 is 11.6 Å². The van der Waals surface area contributed by atoms with E-state index in [9.17, 15) is 8.78 Å². The molecular formula is C18H17Cl3F2N6. The van der Waals surface area contributed by atoms with E-state index in [4.69, 9.17) is 34.8 Å². The molecule has 0 saturated heterocycles. The van der Waals surface area contributed by atoms with E-state index in [1.165, 1.54) is 0 Å². The van der Waals surface area contributed by atoms with Crippen molar-refractivity contribution in [2.75, 3.05) is 18.5 Å². The SMILES string of the molecule is Cc1nc(Cl)c(F)c(Cl)n1.Cc1nc(Cl)c(F)c(N(C)CCc2ccncc2)n1. The summed E-state index contributed by atoms with van der Waals surface area (Å²) in [5, 5.41) is -0.617. The van der Waals surface area contributed by atoms with Crippen LogP contribution in [0.4, 0.5) is 14.6 Å².